The van der Waals surface area contributed by atoms with Crippen LogP contribution in [0.4, 0.5) is 8.78 Å². The molecule has 1 aromatic rings. The van der Waals surface area contributed by atoms with Gasteiger partial charge in [0.15, 0.2) is 0 Å². The van der Waals surface area contributed by atoms with Gasteiger partial charge < -0.3 is 14.2 Å². The lowest BCUT2D eigenvalue weighted by atomic mass is 10.1. The summed E-state index contributed by atoms with van der Waals surface area (Å²) in [5.41, 5.74) is -0.606. The van der Waals surface area contributed by atoms with Crippen LogP contribution in [0.5, 0.6) is 17.2 Å². The van der Waals surface area contributed by atoms with Gasteiger partial charge in [-0.2, -0.15) is 14.0 Å². The van der Waals surface area contributed by atoms with E-state index in [9.17, 15) is 8.78 Å². The van der Waals surface area contributed by atoms with E-state index in [0.29, 0.717) is 5.75 Å². The molecule has 0 radical (unpaired) electrons. The van der Waals surface area contributed by atoms with Crippen molar-refractivity contribution in [2.45, 2.75) is 5.92 Å². The van der Waals surface area contributed by atoms with Crippen LogP contribution in [0.1, 0.15) is 5.56 Å². The second-order valence-electron chi connectivity index (χ2n) is 3.09. The van der Waals surface area contributed by atoms with E-state index in [-0.39, 0.29) is 11.5 Å². The zero-order valence-corrected chi connectivity index (χ0v) is 9.58. The lowest BCUT2D eigenvalue weighted by molar-refractivity contribution is 0.0553. The molecule has 17 heavy (non-hydrogen) atoms. The van der Waals surface area contributed by atoms with Crippen molar-refractivity contribution in [3.8, 4) is 23.3 Å². The smallest absolute Gasteiger partial charge is 0.364 e. The second-order valence-corrected chi connectivity index (χ2v) is 3.09. The van der Waals surface area contributed by atoms with Crippen LogP contribution >= 0.6 is 0 Å². The van der Waals surface area contributed by atoms with Gasteiger partial charge in [0.05, 0.1) is 21.3 Å². The molecule has 0 amide bonds. The second kappa shape index (κ2) is 4.87. The molecule has 0 aliphatic heterocycles. The van der Waals surface area contributed by atoms with Gasteiger partial charge in [-0.1, -0.05) is 0 Å². The molecule has 0 bridgehead atoms. The van der Waals surface area contributed by atoms with E-state index < -0.39 is 11.5 Å². The van der Waals surface area contributed by atoms with Gasteiger partial charge in [0.25, 0.3) is 0 Å². The van der Waals surface area contributed by atoms with Crippen molar-refractivity contribution < 1.29 is 23.0 Å². The predicted octanol–water partition coefficient (Wildman–Crippen LogP) is 2.33. The summed E-state index contributed by atoms with van der Waals surface area (Å²) in [6.07, 6.45) is 0. The minimum atomic E-state index is -3.69. The maximum atomic E-state index is 13.5. The number of hydrogen-bond acceptors (Lipinski definition) is 4. The third-order valence-corrected chi connectivity index (χ3v) is 2.17. The first-order valence-corrected chi connectivity index (χ1v) is 4.59. The largest absolute Gasteiger partial charge is 0.496 e. The first-order valence-electron chi connectivity index (χ1n) is 4.59. The molecule has 1 rings (SSSR count). The van der Waals surface area contributed by atoms with E-state index in [4.69, 9.17) is 19.5 Å². The first-order chi connectivity index (χ1) is 8.00. The highest BCUT2D eigenvalue weighted by Crippen LogP contribution is 2.43. The lowest BCUT2D eigenvalue weighted by Crippen LogP contribution is -2.13. The molecule has 0 atom stereocenters. The van der Waals surface area contributed by atoms with Crippen LogP contribution < -0.4 is 14.2 Å². The minimum Gasteiger partial charge on any atom is -0.496 e. The molecule has 0 unspecified atom stereocenters. The number of alkyl halides is 2. The van der Waals surface area contributed by atoms with Crippen LogP contribution in [0.3, 0.4) is 0 Å². The Hall–Kier alpha value is -2.03. The van der Waals surface area contributed by atoms with Gasteiger partial charge in [-0.25, -0.2) is 0 Å². The van der Waals surface area contributed by atoms with Crippen molar-refractivity contribution in [1.29, 1.82) is 5.26 Å². The van der Waals surface area contributed by atoms with Gasteiger partial charge in [0.1, 0.15) is 28.9 Å². The maximum absolute atomic E-state index is 13.5. The summed E-state index contributed by atoms with van der Waals surface area (Å²) in [7, 11) is 3.84. The lowest BCUT2D eigenvalue weighted by Gasteiger charge is -2.17. The summed E-state index contributed by atoms with van der Waals surface area (Å²) in [6.45, 7) is 0. The Bertz CT molecular complexity index is 430. The van der Waals surface area contributed by atoms with E-state index in [1.165, 1.54) is 33.5 Å². The standard InChI is InChI=1S/C11H11F2NO3/c1-15-7-4-8(16-2)10(9(5-7)17-3)11(12,13)6-14/h4-5H,1-3H3. The molecule has 0 saturated heterocycles. The number of hydrogen-bond donors (Lipinski definition) is 0. The van der Waals surface area contributed by atoms with Crippen LogP contribution in [-0.2, 0) is 5.92 Å². The van der Waals surface area contributed by atoms with E-state index in [0.717, 1.165) is 6.07 Å². The Morgan fingerprint density at radius 1 is 1.06 bits per heavy atom. The quantitative estimate of drug-likeness (QED) is 0.814. The summed E-state index contributed by atoms with van der Waals surface area (Å²) in [6, 6.07) is 3.44. The van der Waals surface area contributed by atoms with Crippen molar-refractivity contribution in [3.63, 3.8) is 0 Å². The van der Waals surface area contributed by atoms with Crippen molar-refractivity contribution in [3.05, 3.63) is 17.7 Å². The monoisotopic (exact) mass is 243 g/mol. The average molecular weight is 243 g/mol. The van der Waals surface area contributed by atoms with Crippen LogP contribution in [0, 0.1) is 11.3 Å². The Morgan fingerprint density at radius 3 is 1.82 bits per heavy atom. The fourth-order valence-corrected chi connectivity index (χ4v) is 1.37. The van der Waals surface area contributed by atoms with Crippen molar-refractivity contribution in [2.24, 2.45) is 0 Å². The molecule has 1 aromatic carbocycles. The molecule has 0 saturated carbocycles. The third-order valence-electron chi connectivity index (χ3n) is 2.17. The van der Waals surface area contributed by atoms with Crippen LogP contribution in [-0.4, -0.2) is 21.3 Å². The summed E-state index contributed by atoms with van der Waals surface area (Å²) >= 11 is 0. The third kappa shape index (κ3) is 2.38. The van der Waals surface area contributed by atoms with E-state index in [1.807, 2.05) is 0 Å². The SMILES string of the molecule is COc1cc(OC)c(C(F)(F)C#N)c(OC)c1. The molecule has 0 aliphatic carbocycles. The Kier molecular flexibility index (Phi) is 3.73. The molecule has 4 nitrogen and oxygen atoms in total. The number of ether oxygens (including phenoxy) is 3. The molecule has 92 valence electrons. The normalized spacial score (nSPS) is 10.6. The molecule has 0 fully saturated rings. The van der Waals surface area contributed by atoms with Crippen LogP contribution in [0.2, 0.25) is 0 Å². The van der Waals surface area contributed by atoms with Gasteiger partial charge in [0.2, 0.25) is 0 Å². The molecule has 0 aliphatic rings. The molecular weight excluding hydrogens is 232 g/mol. The van der Waals surface area contributed by atoms with Gasteiger partial charge in [-0.15, -0.1) is 0 Å². The fraction of sp³-hybridized carbons (Fsp3) is 0.364. The molecule has 0 spiro atoms. The Labute approximate surface area is 97.3 Å². The number of nitriles is 1. The van der Waals surface area contributed by atoms with E-state index >= 15 is 0 Å². The number of benzene rings is 1. The molecular formula is C11H11F2NO3. The van der Waals surface area contributed by atoms with Gasteiger partial charge in [-0.3, -0.25) is 0 Å². The van der Waals surface area contributed by atoms with Crippen LogP contribution in [0.15, 0.2) is 12.1 Å². The zero-order valence-electron chi connectivity index (χ0n) is 9.58. The maximum Gasteiger partial charge on any atom is 0.364 e. The highest BCUT2D eigenvalue weighted by Gasteiger charge is 2.38. The summed E-state index contributed by atoms with van der Waals surface area (Å²) in [5, 5.41) is 8.47. The minimum absolute atomic E-state index is 0.159. The Balaban J connectivity index is 3.52. The summed E-state index contributed by atoms with van der Waals surface area (Å²) < 4.78 is 41.5. The zero-order chi connectivity index (χ0) is 13.1. The fourth-order valence-electron chi connectivity index (χ4n) is 1.37. The Morgan fingerprint density at radius 2 is 1.53 bits per heavy atom. The van der Waals surface area contributed by atoms with Crippen molar-refractivity contribution in [1.82, 2.24) is 0 Å². The number of nitrogens with zero attached hydrogens (tertiary/aromatic N) is 1. The van der Waals surface area contributed by atoms with Crippen molar-refractivity contribution >= 4 is 0 Å². The number of methoxy groups -OCH3 is 3. The average Bonchev–Trinajstić information content (AvgIpc) is 2.36. The van der Waals surface area contributed by atoms with Crippen molar-refractivity contribution in [2.75, 3.05) is 21.3 Å². The highest BCUT2D eigenvalue weighted by atomic mass is 19.3. The van der Waals surface area contributed by atoms with Gasteiger partial charge in [-0.05, 0) is 0 Å². The summed E-state index contributed by atoms with van der Waals surface area (Å²) in [5.74, 6) is -3.71. The number of rotatable bonds is 4. The molecule has 0 N–H and O–H groups in total. The van der Waals surface area contributed by atoms with Gasteiger partial charge >= 0.3 is 5.92 Å². The predicted molar refractivity (Wildman–Crippen MR) is 55.6 cm³/mol. The molecule has 6 heteroatoms. The first kappa shape index (κ1) is 13.0. The molecule has 0 aromatic heterocycles. The highest BCUT2D eigenvalue weighted by molar-refractivity contribution is 5.54. The van der Waals surface area contributed by atoms with E-state index in [2.05, 4.69) is 0 Å². The molecule has 0 heterocycles. The topological polar surface area (TPSA) is 51.5 Å². The van der Waals surface area contributed by atoms with Crippen LogP contribution in [0.25, 0.3) is 0 Å². The number of halogens is 2. The van der Waals surface area contributed by atoms with Gasteiger partial charge in [0, 0.05) is 12.1 Å². The van der Waals surface area contributed by atoms with E-state index in [1.54, 1.807) is 0 Å². The summed E-state index contributed by atoms with van der Waals surface area (Å²) in [4.78, 5) is 0.